The zero-order chi connectivity index (χ0) is 12.2. The van der Waals surface area contributed by atoms with E-state index < -0.39 is 0 Å². The Hall–Kier alpha value is -1.64. The van der Waals surface area contributed by atoms with Crippen molar-refractivity contribution >= 4 is 0 Å². The average Bonchev–Trinajstić information content (AvgIpc) is 3.21. The summed E-state index contributed by atoms with van der Waals surface area (Å²) in [5, 5.41) is 3.44. The largest absolute Gasteiger partial charge is 0.363 e. The van der Waals surface area contributed by atoms with Crippen LogP contribution in [0.5, 0.6) is 0 Å². The SMILES string of the molecule is c1ccc(CNC[C@H]2O[C@H]2c2ccccc2)cc1. The molecule has 92 valence electrons. The fraction of sp³-hybridized carbons (Fsp3) is 0.250. The molecule has 3 rings (SSSR count). The second kappa shape index (κ2) is 5.34. The molecule has 0 radical (unpaired) electrons. The Morgan fingerprint density at radius 3 is 2.28 bits per heavy atom. The van der Waals surface area contributed by atoms with Crippen LogP contribution in [-0.4, -0.2) is 12.6 Å². The van der Waals surface area contributed by atoms with E-state index in [-0.39, 0.29) is 6.10 Å². The first-order valence-corrected chi connectivity index (χ1v) is 6.38. The average molecular weight is 239 g/mol. The molecule has 0 amide bonds. The van der Waals surface area contributed by atoms with Crippen LogP contribution in [0.15, 0.2) is 60.7 Å². The van der Waals surface area contributed by atoms with Gasteiger partial charge >= 0.3 is 0 Å². The minimum atomic E-state index is 0.287. The van der Waals surface area contributed by atoms with E-state index in [1.807, 2.05) is 12.1 Å². The lowest BCUT2D eigenvalue weighted by Gasteiger charge is -2.02. The molecule has 1 heterocycles. The highest BCUT2D eigenvalue weighted by Crippen LogP contribution is 2.37. The zero-order valence-corrected chi connectivity index (χ0v) is 10.3. The van der Waals surface area contributed by atoms with Crippen molar-refractivity contribution in [3.8, 4) is 0 Å². The molecular weight excluding hydrogens is 222 g/mol. The predicted octanol–water partition coefficient (Wildman–Crippen LogP) is 2.92. The Morgan fingerprint density at radius 1 is 0.889 bits per heavy atom. The van der Waals surface area contributed by atoms with Gasteiger partial charge in [0.1, 0.15) is 12.2 Å². The first-order chi connectivity index (χ1) is 8.93. The molecule has 1 aliphatic heterocycles. The van der Waals surface area contributed by atoms with Crippen LogP contribution in [0.4, 0.5) is 0 Å². The van der Waals surface area contributed by atoms with Crippen LogP contribution in [0.25, 0.3) is 0 Å². The number of nitrogens with one attached hydrogen (secondary N) is 1. The second-order valence-corrected chi connectivity index (χ2v) is 4.62. The Kier molecular flexibility index (Phi) is 3.40. The van der Waals surface area contributed by atoms with Crippen molar-refractivity contribution in [1.29, 1.82) is 0 Å². The molecule has 0 spiro atoms. The number of hydrogen-bond acceptors (Lipinski definition) is 2. The third-order valence-electron chi connectivity index (χ3n) is 3.23. The van der Waals surface area contributed by atoms with Crippen molar-refractivity contribution in [2.75, 3.05) is 6.54 Å². The zero-order valence-electron chi connectivity index (χ0n) is 10.3. The fourth-order valence-corrected chi connectivity index (χ4v) is 2.19. The summed E-state index contributed by atoms with van der Waals surface area (Å²) in [5.41, 5.74) is 2.60. The summed E-state index contributed by atoms with van der Waals surface area (Å²) < 4.78 is 5.68. The summed E-state index contributed by atoms with van der Waals surface area (Å²) >= 11 is 0. The number of ether oxygens (including phenoxy) is 1. The Labute approximate surface area is 108 Å². The van der Waals surface area contributed by atoms with Crippen LogP contribution < -0.4 is 5.32 Å². The number of benzene rings is 2. The quantitative estimate of drug-likeness (QED) is 0.811. The molecule has 2 aromatic rings. The van der Waals surface area contributed by atoms with Gasteiger partial charge in [0.15, 0.2) is 0 Å². The van der Waals surface area contributed by atoms with Gasteiger partial charge < -0.3 is 10.1 Å². The molecule has 2 aromatic carbocycles. The summed E-state index contributed by atoms with van der Waals surface area (Å²) in [5.74, 6) is 0. The van der Waals surface area contributed by atoms with Crippen LogP contribution in [0.2, 0.25) is 0 Å². The van der Waals surface area contributed by atoms with Crippen molar-refractivity contribution in [2.24, 2.45) is 0 Å². The Morgan fingerprint density at radius 2 is 1.56 bits per heavy atom. The number of rotatable bonds is 5. The van der Waals surface area contributed by atoms with Gasteiger partial charge in [-0.15, -0.1) is 0 Å². The molecular formula is C16H17NO. The molecule has 18 heavy (non-hydrogen) atoms. The Balaban J connectivity index is 1.44. The fourth-order valence-electron chi connectivity index (χ4n) is 2.19. The van der Waals surface area contributed by atoms with Gasteiger partial charge in [-0.25, -0.2) is 0 Å². The van der Waals surface area contributed by atoms with E-state index in [4.69, 9.17) is 4.74 Å². The highest BCUT2D eigenvalue weighted by molar-refractivity contribution is 5.22. The van der Waals surface area contributed by atoms with Crippen LogP contribution in [-0.2, 0) is 11.3 Å². The number of epoxide rings is 1. The van der Waals surface area contributed by atoms with Gasteiger partial charge in [0.05, 0.1) is 0 Å². The van der Waals surface area contributed by atoms with Crippen LogP contribution >= 0.6 is 0 Å². The van der Waals surface area contributed by atoms with Crippen molar-refractivity contribution in [3.63, 3.8) is 0 Å². The second-order valence-electron chi connectivity index (χ2n) is 4.62. The molecule has 0 aliphatic carbocycles. The smallest absolute Gasteiger partial charge is 0.110 e. The highest BCUT2D eigenvalue weighted by Gasteiger charge is 2.39. The molecule has 1 aliphatic rings. The normalized spacial score (nSPS) is 21.8. The van der Waals surface area contributed by atoms with Gasteiger partial charge in [0.2, 0.25) is 0 Å². The van der Waals surface area contributed by atoms with Gasteiger partial charge in [0, 0.05) is 13.1 Å². The maximum atomic E-state index is 5.68. The molecule has 2 nitrogen and oxygen atoms in total. The third-order valence-corrected chi connectivity index (χ3v) is 3.23. The van der Waals surface area contributed by atoms with Crippen molar-refractivity contribution in [2.45, 2.75) is 18.8 Å². The summed E-state index contributed by atoms with van der Waals surface area (Å²) in [7, 11) is 0. The Bertz CT molecular complexity index is 483. The number of hydrogen-bond donors (Lipinski definition) is 1. The maximum Gasteiger partial charge on any atom is 0.110 e. The summed E-state index contributed by atoms with van der Waals surface area (Å²) in [4.78, 5) is 0. The van der Waals surface area contributed by atoms with Crippen LogP contribution in [0.3, 0.4) is 0 Å². The summed E-state index contributed by atoms with van der Waals surface area (Å²) in [6, 6.07) is 20.9. The molecule has 1 saturated heterocycles. The van der Waals surface area contributed by atoms with Gasteiger partial charge in [-0.1, -0.05) is 60.7 Å². The van der Waals surface area contributed by atoms with Crippen molar-refractivity contribution in [1.82, 2.24) is 5.32 Å². The summed E-state index contributed by atoms with van der Waals surface area (Å²) in [6.07, 6.45) is 0.616. The van der Waals surface area contributed by atoms with E-state index >= 15 is 0 Å². The third kappa shape index (κ3) is 2.78. The maximum absolute atomic E-state index is 5.68. The van der Waals surface area contributed by atoms with E-state index in [0.717, 1.165) is 13.1 Å². The van der Waals surface area contributed by atoms with Crippen LogP contribution in [0.1, 0.15) is 17.2 Å². The van der Waals surface area contributed by atoms with E-state index in [0.29, 0.717) is 6.10 Å². The lowest BCUT2D eigenvalue weighted by atomic mass is 10.1. The highest BCUT2D eigenvalue weighted by atomic mass is 16.6. The first-order valence-electron chi connectivity index (χ1n) is 6.38. The van der Waals surface area contributed by atoms with Gasteiger partial charge in [-0.05, 0) is 11.1 Å². The van der Waals surface area contributed by atoms with Crippen molar-refractivity contribution < 1.29 is 4.74 Å². The predicted molar refractivity (Wildman–Crippen MR) is 72.2 cm³/mol. The molecule has 0 bridgehead atoms. The molecule has 1 N–H and O–H groups in total. The molecule has 0 saturated carbocycles. The van der Waals surface area contributed by atoms with Gasteiger partial charge in [0.25, 0.3) is 0 Å². The van der Waals surface area contributed by atoms with Crippen molar-refractivity contribution in [3.05, 3.63) is 71.8 Å². The molecule has 2 atom stereocenters. The summed E-state index contributed by atoms with van der Waals surface area (Å²) in [6.45, 7) is 1.82. The minimum absolute atomic E-state index is 0.287. The minimum Gasteiger partial charge on any atom is -0.363 e. The molecule has 2 heteroatoms. The lowest BCUT2D eigenvalue weighted by Crippen LogP contribution is -2.19. The monoisotopic (exact) mass is 239 g/mol. The van der Waals surface area contributed by atoms with E-state index in [9.17, 15) is 0 Å². The first kappa shape index (κ1) is 11.5. The van der Waals surface area contributed by atoms with E-state index in [1.54, 1.807) is 0 Å². The molecule has 0 unspecified atom stereocenters. The van der Waals surface area contributed by atoms with Gasteiger partial charge in [-0.3, -0.25) is 0 Å². The lowest BCUT2D eigenvalue weighted by molar-refractivity contribution is 0.366. The van der Waals surface area contributed by atoms with E-state index in [2.05, 4.69) is 53.8 Å². The molecule has 1 fully saturated rings. The van der Waals surface area contributed by atoms with E-state index in [1.165, 1.54) is 11.1 Å². The van der Waals surface area contributed by atoms with Crippen LogP contribution in [0, 0.1) is 0 Å². The van der Waals surface area contributed by atoms with Gasteiger partial charge in [-0.2, -0.15) is 0 Å². The topological polar surface area (TPSA) is 24.6 Å². The standard InChI is InChI=1S/C16H17NO/c1-3-7-13(8-4-1)11-17-12-15-16(18-15)14-9-5-2-6-10-14/h1-10,15-17H,11-12H2/t15-,16+/m1/s1. The molecule has 0 aromatic heterocycles.